The van der Waals surface area contributed by atoms with Crippen LogP contribution in [0.1, 0.15) is 24.5 Å². The van der Waals surface area contributed by atoms with Crippen LogP contribution in [0.2, 0.25) is 0 Å². The van der Waals surface area contributed by atoms with Crippen molar-refractivity contribution in [3.05, 3.63) is 48.0 Å². The maximum absolute atomic E-state index is 10.8. The first kappa shape index (κ1) is 11.9. The van der Waals surface area contributed by atoms with Gasteiger partial charge in [0.15, 0.2) is 0 Å². The lowest BCUT2D eigenvalue weighted by molar-refractivity contribution is -0.134. The molecule has 2 rings (SSSR count). The van der Waals surface area contributed by atoms with E-state index >= 15 is 0 Å². The molecule has 0 saturated carbocycles. The molecule has 2 atom stereocenters. The molecule has 90 valence electrons. The second-order valence-electron chi connectivity index (χ2n) is 4.01. The van der Waals surface area contributed by atoms with Crippen molar-refractivity contribution in [3.8, 4) is 0 Å². The average molecular weight is 232 g/mol. The van der Waals surface area contributed by atoms with Crippen molar-refractivity contribution in [3.63, 3.8) is 0 Å². The first-order chi connectivity index (χ1) is 8.31. The Morgan fingerprint density at radius 3 is 2.88 bits per heavy atom. The SMILES string of the molecule is COC(=O)/C=C\CCC1OC1c1ccccc1. The Morgan fingerprint density at radius 1 is 1.41 bits per heavy atom. The summed E-state index contributed by atoms with van der Waals surface area (Å²) in [7, 11) is 1.38. The number of benzene rings is 1. The number of ether oxygens (including phenoxy) is 2. The van der Waals surface area contributed by atoms with Crippen LogP contribution in [0.25, 0.3) is 0 Å². The maximum atomic E-state index is 10.8. The van der Waals surface area contributed by atoms with Crippen molar-refractivity contribution in [2.45, 2.75) is 25.0 Å². The molecule has 0 bridgehead atoms. The van der Waals surface area contributed by atoms with Crippen LogP contribution in [0.5, 0.6) is 0 Å². The van der Waals surface area contributed by atoms with Crippen LogP contribution in [0.4, 0.5) is 0 Å². The van der Waals surface area contributed by atoms with Gasteiger partial charge < -0.3 is 9.47 Å². The molecule has 0 radical (unpaired) electrons. The standard InChI is InChI=1S/C14H16O3/c1-16-13(15)10-6-5-9-12-14(17-12)11-7-3-2-4-8-11/h2-4,6-8,10,12,14H,5,9H2,1H3/b10-6-. The number of carbonyl (C=O) groups is 1. The quantitative estimate of drug-likeness (QED) is 0.445. The van der Waals surface area contributed by atoms with Crippen molar-refractivity contribution in [1.29, 1.82) is 0 Å². The molecule has 1 aliphatic rings. The van der Waals surface area contributed by atoms with Crippen LogP contribution in [0.15, 0.2) is 42.5 Å². The molecular formula is C14H16O3. The molecule has 1 aromatic rings. The lowest BCUT2D eigenvalue weighted by Crippen LogP contribution is -1.94. The summed E-state index contributed by atoms with van der Waals surface area (Å²) in [6.45, 7) is 0. The van der Waals surface area contributed by atoms with Gasteiger partial charge in [-0.1, -0.05) is 36.4 Å². The Kier molecular flexibility index (Phi) is 3.94. The normalized spacial score (nSPS) is 22.6. The highest BCUT2D eigenvalue weighted by Gasteiger charge is 2.38. The van der Waals surface area contributed by atoms with Crippen molar-refractivity contribution in [2.75, 3.05) is 7.11 Å². The molecule has 1 fully saturated rings. The third-order valence-corrected chi connectivity index (χ3v) is 2.78. The Bertz CT molecular complexity index is 397. The molecule has 2 unspecified atom stereocenters. The maximum Gasteiger partial charge on any atom is 0.330 e. The van der Waals surface area contributed by atoms with Crippen LogP contribution in [-0.4, -0.2) is 19.2 Å². The van der Waals surface area contributed by atoms with Gasteiger partial charge in [0.25, 0.3) is 0 Å². The zero-order valence-electron chi connectivity index (χ0n) is 9.84. The van der Waals surface area contributed by atoms with Gasteiger partial charge >= 0.3 is 5.97 Å². The fourth-order valence-corrected chi connectivity index (χ4v) is 1.81. The predicted molar refractivity (Wildman–Crippen MR) is 64.4 cm³/mol. The Morgan fingerprint density at radius 2 is 2.18 bits per heavy atom. The molecule has 1 aliphatic heterocycles. The highest BCUT2D eigenvalue weighted by Crippen LogP contribution is 2.41. The summed E-state index contributed by atoms with van der Waals surface area (Å²) in [6.07, 6.45) is 5.59. The summed E-state index contributed by atoms with van der Waals surface area (Å²) in [5, 5.41) is 0. The predicted octanol–water partition coefficient (Wildman–Crippen LogP) is 2.64. The van der Waals surface area contributed by atoms with Gasteiger partial charge in [0, 0.05) is 6.08 Å². The van der Waals surface area contributed by atoms with Gasteiger partial charge in [-0.2, -0.15) is 0 Å². The monoisotopic (exact) mass is 232 g/mol. The average Bonchev–Trinajstić information content (AvgIpc) is 3.15. The fourth-order valence-electron chi connectivity index (χ4n) is 1.81. The Balaban J connectivity index is 1.71. The van der Waals surface area contributed by atoms with E-state index in [-0.39, 0.29) is 12.1 Å². The number of allylic oxidation sites excluding steroid dienone is 1. The number of hydrogen-bond donors (Lipinski definition) is 0. The minimum atomic E-state index is -0.304. The summed E-state index contributed by atoms with van der Waals surface area (Å²) in [6, 6.07) is 10.2. The number of methoxy groups -OCH3 is 1. The molecule has 1 saturated heterocycles. The molecule has 1 heterocycles. The van der Waals surface area contributed by atoms with E-state index in [2.05, 4.69) is 16.9 Å². The second kappa shape index (κ2) is 5.64. The molecule has 0 N–H and O–H groups in total. The first-order valence-electron chi connectivity index (χ1n) is 5.76. The molecular weight excluding hydrogens is 216 g/mol. The number of hydrogen-bond acceptors (Lipinski definition) is 3. The van der Waals surface area contributed by atoms with Gasteiger partial charge in [-0.05, 0) is 18.4 Å². The molecule has 3 nitrogen and oxygen atoms in total. The molecule has 0 aliphatic carbocycles. The molecule has 3 heteroatoms. The van der Waals surface area contributed by atoms with E-state index < -0.39 is 0 Å². The van der Waals surface area contributed by atoms with E-state index in [0.717, 1.165) is 12.8 Å². The van der Waals surface area contributed by atoms with E-state index in [4.69, 9.17) is 4.74 Å². The summed E-state index contributed by atoms with van der Waals surface area (Å²) in [5.74, 6) is -0.304. The van der Waals surface area contributed by atoms with Gasteiger partial charge in [-0.25, -0.2) is 4.79 Å². The van der Waals surface area contributed by atoms with Gasteiger partial charge in [-0.3, -0.25) is 0 Å². The van der Waals surface area contributed by atoms with Crippen LogP contribution in [0.3, 0.4) is 0 Å². The van der Waals surface area contributed by atoms with E-state index in [9.17, 15) is 4.79 Å². The summed E-state index contributed by atoms with van der Waals surface area (Å²) in [4.78, 5) is 10.8. The van der Waals surface area contributed by atoms with Gasteiger partial charge in [0.1, 0.15) is 6.10 Å². The molecule has 0 aromatic heterocycles. The Hall–Kier alpha value is -1.61. The number of epoxide rings is 1. The van der Waals surface area contributed by atoms with E-state index in [1.165, 1.54) is 18.7 Å². The minimum Gasteiger partial charge on any atom is -0.466 e. The van der Waals surface area contributed by atoms with Gasteiger partial charge in [0.05, 0.1) is 13.2 Å². The van der Waals surface area contributed by atoms with E-state index in [1.807, 2.05) is 24.3 Å². The third-order valence-electron chi connectivity index (χ3n) is 2.78. The molecule has 0 spiro atoms. The fraction of sp³-hybridized carbons (Fsp3) is 0.357. The molecule has 0 amide bonds. The zero-order chi connectivity index (χ0) is 12.1. The third kappa shape index (κ3) is 3.43. The smallest absolute Gasteiger partial charge is 0.330 e. The van der Waals surface area contributed by atoms with Gasteiger partial charge in [-0.15, -0.1) is 0 Å². The van der Waals surface area contributed by atoms with Crippen LogP contribution >= 0.6 is 0 Å². The Labute approximate surface area is 101 Å². The van der Waals surface area contributed by atoms with Gasteiger partial charge in [0.2, 0.25) is 0 Å². The largest absolute Gasteiger partial charge is 0.466 e. The van der Waals surface area contributed by atoms with Crippen molar-refractivity contribution < 1.29 is 14.3 Å². The number of carbonyl (C=O) groups excluding carboxylic acids is 1. The first-order valence-corrected chi connectivity index (χ1v) is 5.76. The van der Waals surface area contributed by atoms with Crippen molar-refractivity contribution in [2.24, 2.45) is 0 Å². The molecule has 17 heavy (non-hydrogen) atoms. The summed E-state index contributed by atoms with van der Waals surface area (Å²) < 4.78 is 10.1. The van der Waals surface area contributed by atoms with Crippen LogP contribution < -0.4 is 0 Å². The number of esters is 1. The summed E-state index contributed by atoms with van der Waals surface area (Å²) in [5.41, 5.74) is 1.23. The lowest BCUT2D eigenvalue weighted by atomic mass is 10.1. The van der Waals surface area contributed by atoms with E-state index in [0.29, 0.717) is 6.10 Å². The second-order valence-corrected chi connectivity index (χ2v) is 4.01. The lowest BCUT2D eigenvalue weighted by Gasteiger charge is -1.94. The highest BCUT2D eigenvalue weighted by atomic mass is 16.6. The topological polar surface area (TPSA) is 38.8 Å². The van der Waals surface area contributed by atoms with Crippen LogP contribution in [0, 0.1) is 0 Å². The van der Waals surface area contributed by atoms with Crippen LogP contribution in [-0.2, 0) is 14.3 Å². The van der Waals surface area contributed by atoms with Crippen molar-refractivity contribution in [1.82, 2.24) is 0 Å². The van der Waals surface area contributed by atoms with Crippen molar-refractivity contribution >= 4 is 5.97 Å². The zero-order valence-corrected chi connectivity index (χ0v) is 9.84. The molecule has 1 aromatic carbocycles. The number of rotatable bonds is 5. The minimum absolute atomic E-state index is 0.239. The van der Waals surface area contributed by atoms with E-state index in [1.54, 1.807) is 0 Å². The highest BCUT2D eigenvalue weighted by molar-refractivity contribution is 5.81. The summed E-state index contributed by atoms with van der Waals surface area (Å²) >= 11 is 0.